The van der Waals surface area contributed by atoms with Crippen LogP contribution in [0.2, 0.25) is 0 Å². The molecule has 0 aliphatic heterocycles. The second kappa shape index (κ2) is 12.0. The van der Waals surface area contributed by atoms with Crippen LogP contribution in [0.3, 0.4) is 0 Å². The van der Waals surface area contributed by atoms with E-state index >= 15 is 0 Å². The molecule has 0 saturated carbocycles. The van der Waals surface area contributed by atoms with Gasteiger partial charge < -0.3 is 31.3 Å². The Morgan fingerprint density at radius 1 is 1.12 bits per heavy atom. The summed E-state index contributed by atoms with van der Waals surface area (Å²) in [6.45, 7) is 3.60. The monoisotopic (exact) mass is 250 g/mol. The second-order valence-electron chi connectivity index (χ2n) is 3.17. The van der Waals surface area contributed by atoms with Crippen molar-refractivity contribution in [2.45, 2.75) is 26.7 Å². The molecule has 0 aliphatic carbocycles. The van der Waals surface area contributed by atoms with Gasteiger partial charge in [-0.15, -0.1) is 0 Å². The van der Waals surface area contributed by atoms with Crippen molar-refractivity contribution < 1.29 is 29.4 Å². The second-order valence-corrected chi connectivity index (χ2v) is 3.17. The Kier molecular flexibility index (Phi) is 14.3. The molecule has 17 heavy (non-hydrogen) atoms. The van der Waals surface area contributed by atoms with Crippen molar-refractivity contribution in [1.29, 1.82) is 0 Å². The lowest BCUT2D eigenvalue weighted by atomic mass is 9.90. The highest BCUT2D eigenvalue weighted by atomic mass is 16.4. The fraction of sp³-hybridized carbons (Fsp3) is 0.556. The van der Waals surface area contributed by atoms with Gasteiger partial charge in [-0.1, -0.05) is 13.3 Å². The van der Waals surface area contributed by atoms with Crippen molar-refractivity contribution in [2.24, 2.45) is 16.9 Å². The molecule has 0 aliphatic rings. The summed E-state index contributed by atoms with van der Waals surface area (Å²) in [7, 11) is 0. The number of nitrogens with two attached hydrogens (primary N) is 2. The number of rotatable bonds is 4. The van der Waals surface area contributed by atoms with Gasteiger partial charge in [-0.25, -0.2) is 9.59 Å². The number of hydrogen-bond acceptors (Lipinski definition) is 4. The van der Waals surface area contributed by atoms with E-state index < -0.39 is 17.6 Å². The number of aldehydes is 2. The molecule has 8 heteroatoms. The molecule has 2 amide bonds. The highest BCUT2D eigenvalue weighted by Crippen LogP contribution is 2.15. The van der Waals surface area contributed by atoms with Crippen LogP contribution in [0.25, 0.3) is 0 Å². The summed E-state index contributed by atoms with van der Waals surface area (Å²) in [6, 6.07) is 0. The van der Waals surface area contributed by atoms with Crippen molar-refractivity contribution in [3.05, 3.63) is 0 Å². The molecule has 100 valence electrons. The Bertz CT molecular complexity index is 226. The molecule has 0 unspecified atom stereocenters. The van der Waals surface area contributed by atoms with E-state index in [0.717, 1.165) is 6.42 Å². The molecular weight excluding hydrogens is 232 g/mol. The molecule has 0 rings (SSSR count). The Morgan fingerprint density at radius 3 is 1.41 bits per heavy atom. The van der Waals surface area contributed by atoms with E-state index in [1.54, 1.807) is 6.92 Å². The summed E-state index contributed by atoms with van der Waals surface area (Å²) in [6.07, 6.45) is 0.279. The SMILES string of the molecule is CCCC(C)(C=O)C=O.NC(=O)O.NC(=O)O. The van der Waals surface area contributed by atoms with Crippen molar-refractivity contribution in [3.63, 3.8) is 0 Å². The highest BCUT2D eigenvalue weighted by molar-refractivity contribution is 5.82. The number of carboxylic acid groups (broad SMARTS) is 2. The van der Waals surface area contributed by atoms with Gasteiger partial charge in [0.2, 0.25) is 0 Å². The lowest BCUT2D eigenvalue weighted by Gasteiger charge is -2.11. The molecule has 0 aromatic carbocycles. The van der Waals surface area contributed by atoms with Crippen LogP contribution in [-0.2, 0) is 9.59 Å². The zero-order chi connectivity index (χ0) is 14.5. The van der Waals surface area contributed by atoms with Crippen molar-refractivity contribution in [3.8, 4) is 0 Å². The molecule has 0 bridgehead atoms. The summed E-state index contributed by atoms with van der Waals surface area (Å²) < 4.78 is 0. The summed E-state index contributed by atoms with van der Waals surface area (Å²) >= 11 is 0. The molecule has 0 aromatic rings. The maximum Gasteiger partial charge on any atom is 0.402 e. The number of carbonyl (C=O) groups is 4. The minimum Gasteiger partial charge on any atom is -0.465 e. The van der Waals surface area contributed by atoms with Crippen LogP contribution in [0.5, 0.6) is 0 Å². The minimum absolute atomic E-state index is 0.653. The topological polar surface area (TPSA) is 161 Å². The average molecular weight is 250 g/mol. The largest absolute Gasteiger partial charge is 0.465 e. The van der Waals surface area contributed by atoms with Crippen LogP contribution in [0.15, 0.2) is 0 Å². The highest BCUT2D eigenvalue weighted by Gasteiger charge is 2.20. The van der Waals surface area contributed by atoms with Crippen LogP contribution >= 0.6 is 0 Å². The number of carbonyl (C=O) groups excluding carboxylic acids is 2. The van der Waals surface area contributed by atoms with Crippen LogP contribution in [0.1, 0.15) is 26.7 Å². The van der Waals surface area contributed by atoms with E-state index in [2.05, 4.69) is 11.5 Å². The van der Waals surface area contributed by atoms with E-state index in [-0.39, 0.29) is 0 Å². The zero-order valence-corrected chi connectivity index (χ0v) is 9.75. The normalized spacial score (nSPS) is 8.59. The third kappa shape index (κ3) is 31.5. The van der Waals surface area contributed by atoms with Gasteiger partial charge in [0.1, 0.15) is 12.6 Å². The first-order valence-corrected chi connectivity index (χ1v) is 4.54. The lowest BCUT2D eigenvalue weighted by molar-refractivity contribution is -0.125. The molecule has 0 fully saturated rings. The molecule has 0 aromatic heterocycles. The first-order valence-electron chi connectivity index (χ1n) is 4.54. The van der Waals surface area contributed by atoms with Gasteiger partial charge in [-0.05, 0) is 13.3 Å². The average Bonchev–Trinajstić information content (AvgIpc) is 2.16. The van der Waals surface area contributed by atoms with Gasteiger partial charge >= 0.3 is 12.2 Å². The summed E-state index contributed by atoms with van der Waals surface area (Å²) in [5.74, 6) is 0. The zero-order valence-electron chi connectivity index (χ0n) is 9.75. The molecule has 8 nitrogen and oxygen atoms in total. The van der Waals surface area contributed by atoms with Crippen LogP contribution in [0, 0.1) is 5.41 Å². The van der Waals surface area contributed by atoms with Crippen LogP contribution < -0.4 is 11.5 Å². The molecule has 0 atom stereocenters. The van der Waals surface area contributed by atoms with Gasteiger partial charge in [0.25, 0.3) is 0 Å². The van der Waals surface area contributed by atoms with Crippen molar-refractivity contribution >= 4 is 24.8 Å². The first kappa shape index (κ1) is 20.3. The van der Waals surface area contributed by atoms with Gasteiger partial charge in [-0.3, -0.25) is 0 Å². The Morgan fingerprint density at radius 2 is 1.35 bits per heavy atom. The smallest absolute Gasteiger partial charge is 0.402 e. The Labute approximate surface area is 98.6 Å². The van der Waals surface area contributed by atoms with Gasteiger partial charge in [0.15, 0.2) is 0 Å². The maximum atomic E-state index is 10.2. The minimum atomic E-state index is -1.33. The van der Waals surface area contributed by atoms with Crippen LogP contribution in [0.4, 0.5) is 9.59 Å². The Hall–Kier alpha value is -2.12. The van der Waals surface area contributed by atoms with Crippen molar-refractivity contribution in [2.75, 3.05) is 0 Å². The van der Waals surface area contributed by atoms with E-state index in [9.17, 15) is 9.59 Å². The van der Waals surface area contributed by atoms with Gasteiger partial charge in [0, 0.05) is 0 Å². The van der Waals surface area contributed by atoms with E-state index in [0.29, 0.717) is 19.0 Å². The molecule has 0 radical (unpaired) electrons. The van der Waals surface area contributed by atoms with E-state index in [1.807, 2.05) is 6.92 Å². The fourth-order valence-electron chi connectivity index (χ4n) is 0.684. The maximum absolute atomic E-state index is 10.2. The lowest BCUT2D eigenvalue weighted by Crippen LogP contribution is -2.19. The third-order valence-electron chi connectivity index (χ3n) is 1.33. The summed E-state index contributed by atoms with van der Waals surface area (Å²) in [5.41, 5.74) is 7.33. The third-order valence-corrected chi connectivity index (χ3v) is 1.33. The standard InChI is InChI=1S/C7H12O2.2CH3NO2/c1-3-4-7(2,5-8)6-9;2*2-1(3)4/h5-6H,3-4H2,1-2H3;2*2H2,(H,3,4). The van der Waals surface area contributed by atoms with E-state index in [4.69, 9.17) is 19.8 Å². The molecule has 0 heterocycles. The molecule has 6 N–H and O–H groups in total. The Balaban J connectivity index is -0.000000205. The quantitative estimate of drug-likeness (QED) is 0.418. The predicted octanol–water partition coefficient (Wildman–Crippen LogP) is 0.437. The number of hydrogen-bond donors (Lipinski definition) is 4. The molecular formula is C9H18N2O6. The summed E-state index contributed by atoms with van der Waals surface area (Å²) in [5, 5.41) is 14.4. The molecule has 0 spiro atoms. The summed E-state index contributed by atoms with van der Waals surface area (Å²) in [4.78, 5) is 38.0. The van der Waals surface area contributed by atoms with Gasteiger partial charge in [-0.2, -0.15) is 0 Å². The van der Waals surface area contributed by atoms with E-state index in [1.165, 1.54) is 0 Å². The first-order chi connectivity index (χ1) is 7.65. The van der Waals surface area contributed by atoms with Gasteiger partial charge in [0.05, 0.1) is 5.41 Å². The fourth-order valence-corrected chi connectivity index (χ4v) is 0.684. The van der Waals surface area contributed by atoms with Crippen molar-refractivity contribution in [1.82, 2.24) is 0 Å². The molecule has 0 saturated heterocycles. The van der Waals surface area contributed by atoms with Crippen LogP contribution in [-0.4, -0.2) is 35.0 Å². The number of amides is 2. The predicted molar refractivity (Wildman–Crippen MR) is 59.6 cm³/mol. The number of primary amides is 2.